The highest BCUT2D eigenvalue weighted by Crippen LogP contribution is 2.30. The van der Waals surface area contributed by atoms with Crippen LogP contribution in [0.5, 0.6) is 0 Å². The van der Waals surface area contributed by atoms with Gasteiger partial charge < -0.3 is 80.1 Å². The Morgan fingerprint density at radius 3 is 1.86 bits per heavy atom. The van der Waals surface area contributed by atoms with Gasteiger partial charge >= 0.3 is 0 Å². The van der Waals surface area contributed by atoms with Gasteiger partial charge in [-0.1, -0.05) is 0 Å². The Morgan fingerprint density at radius 2 is 1.27 bits per heavy atom. The zero-order valence-corrected chi connectivity index (χ0v) is 19.7. The SMILES string of the molecule is CC(=O)N[C@@H]1[C@@H](O)[C@H](O)[C@@H](CO[C@@H]2O[C@H](CO)[C@@H](O[C@@H]3O[C@H](CO)[C@H](O)[C@H](O)[C@H]3O)[C@H](O)[C@H]2O)O[C@H]1O. The van der Waals surface area contributed by atoms with Gasteiger partial charge in [0.1, 0.15) is 73.2 Å². The lowest BCUT2D eigenvalue weighted by Gasteiger charge is -2.46. The van der Waals surface area contributed by atoms with Crippen LogP contribution >= 0.6 is 0 Å². The predicted molar refractivity (Wildman–Crippen MR) is 113 cm³/mol. The molecule has 216 valence electrons. The molecule has 15 atom stereocenters. The maximum atomic E-state index is 11.2. The van der Waals surface area contributed by atoms with Crippen molar-refractivity contribution in [3.8, 4) is 0 Å². The number of carbonyl (C=O) groups excluding carboxylic acids is 1. The van der Waals surface area contributed by atoms with E-state index < -0.39 is 118 Å². The van der Waals surface area contributed by atoms with Crippen molar-refractivity contribution in [1.29, 1.82) is 0 Å². The average molecular weight is 545 g/mol. The second-order valence-corrected chi connectivity index (χ2v) is 9.11. The fourth-order valence-electron chi connectivity index (χ4n) is 4.36. The molecule has 11 N–H and O–H groups in total. The summed E-state index contributed by atoms with van der Waals surface area (Å²) < 4.78 is 26.6. The molecule has 3 rings (SSSR count). The van der Waals surface area contributed by atoms with E-state index in [-0.39, 0.29) is 0 Å². The fourth-order valence-corrected chi connectivity index (χ4v) is 4.36. The van der Waals surface area contributed by atoms with Gasteiger partial charge in [0.15, 0.2) is 18.9 Å². The molecule has 0 unspecified atom stereocenters. The number of hydrogen-bond acceptors (Lipinski definition) is 16. The highest BCUT2D eigenvalue weighted by molar-refractivity contribution is 5.73. The lowest BCUT2D eigenvalue weighted by Crippen LogP contribution is -2.65. The Balaban J connectivity index is 1.62. The van der Waals surface area contributed by atoms with E-state index in [1.807, 2.05) is 0 Å². The molecule has 17 heteroatoms. The van der Waals surface area contributed by atoms with Crippen molar-refractivity contribution in [2.24, 2.45) is 0 Å². The molecule has 0 bridgehead atoms. The summed E-state index contributed by atoms with van der Waals surface area (Å²) in [7, 11) is 0. The summed E-state index contributed by atoms with van der Waals surface area (Å²) in [5, 5.41) is 103. The lowest BCUT2D eigenvalue weighted by atomic mass is 9.96. The Hall–Kier alpha value is -1.13. The number of ether oxygens (including phenoxy) is 5. The number of rotatable bonds is 8. The van der Waals surface area contributed by atoms with E-state index in [1.165, 1.54) is 0 Å². The van der Waals surface area contributed by atoms with Crippen LogP contribution in [0, 0.1) is 0 Å². The summed E-state index contributed by atoms with van der Waals surface area (Å²) in [5.41, 5.74) is 0. The van der Waals surface area contributed by atoms with E-state index in [2.05, 4.69) is 5.32 Å². The van der Waals surface area contributed by atoms with Crippen molar-refractivity contribution in [3.63, 3.8) is 0 Å². The van der Waals surface area contributed by atoms with Crippen molar-refractivity contribution in [2.45, 2.75) is 99.0 Å². The first-order valence-electron chi connectivity index (χ1n) is 11.6. The molecular formula is C20H35NO16. The van der Waals surface area contributed by atoms with Crippen LogP contribution in [0.1, 0.15) is 6.92 Å². The molecule has 3 aliphatic heterocycles. The topological polar surface area (TPSA) is 278 Å². The number of carbonyl (C=O) groups is 1. The van der Waals surface area contributed by atoms with Gasteiger partial charge in [-0.25, -0.2) is 0 Å². The fraction of sp³-hybridized carbons (Fsp3) is 0.950. The summed E-state index contributed by atoms with van der Waals surface area (Å²) in [4.78, 5) is 11.2. The third-order valence-electron chi connectivity index (χ3n) is 6.48. The standard InChI is InChI=1S/C20H35NO16/c1-5(24)21-9-12(27)11(26)8(34-18(9)32)4-33-19-16(31)14(29)17(7(3-23)36-19)37-20-15(30)13(28)10(25)6(2-22)35-20/h6-20,22-23,25-32H,2-4H2,1H3,(H,21,24)/t6-,7-,8-,9-,10+,11-,12-,13+,14-,15-,16-,17-,18-,19-,20+/m1/s1. The van der Waals surface area contributed by atoms with Crippen molar-refractivity contribution in [2.75, 3.05) is 19.8 Å². The third-order valence-corrected chi connectivity index (χ3v) is 6.48. The van der Waals surface area contributed by atoms with Gasteiger partial charge in [0, 0.05) is 6.92 Å². The Morgan fingerprint density at radius 1 is 0.703 bits per heavy atom. The summed E-state index contributed by atoms with van der Waals surface area (Å²) >= 11 is 0. The third kappa shape index (κ3) is 6.55. The molecule has 3 saturated heterocycles. The molecule has 0 radical (unpaired) electrons. The highest BCUT2D eigenvalue weighted by Gasteiger charge is 2.51. The minimum Gasteiger partial charge on any atom is -0.394 e. The molecule has 0 aromatic carbocycles. The second kappa shape index (κ2) is 12.8. The molecule has 0 aliphatic carbocycles. The lowest BCUT2D eigenvalue weighted by molar-refractivity contribution is -0.362. The van der Waals surface area contributed by atoms with Crippen LogP contribution in [0.4, 0.5) is 0 Å². The second-order valence-electron chi connectivity index (χ2n) is 9.11. The number of aliphatic hydroxyl groups is 10. The first-order valence-corrected chi connectivity index (χ1v) is 11.6. The van der Waals surface area contributed by atoms with E-state index in [0.29, 0.717) is 0 Å². The molecule has 3 fully saturated rings. The number of amides is 1. The Labute approximate surface area is 210 Å². The number of nitrogens with one attached hydrogen (secondary N) is 1. The zero-order chi connectivity index (χ0) is 27.6. The van der Waals surface area contributed by atoms with Crippen LogP contribution in [0.25, 0.3) is 0 Å². The largest absolute Gasteiger partial charge is 0.394 e. The van der Waals surface area contributed by atoms with Crippen LogP contribution in [-0.2, 0) is 28.5 Å². The molecular weight excluding hydrogens is 510 g/mol. The first-order chi connectivity index (χ1) is 17.4. The van der Waals surface area contributed by atoms with Gasteiger partial charge in [-0.2, -0.15) is 0 Å². The normalized spacial score (nSPS) is 49.0. The molecule has 0 saturated carbocycles. The van der Waals surface area contributed by atoms with E-state index in [9.17, 15) is 55.9 Å². The van der Waals surface area contributed by atoms with E-state index in [1.54, 1.807) is 0 Å². The summed E-state index contributed by atoms with van der Waals surface area (Å²) in [6, 6.07) is -1.32. The van der Waals surface area contributed by atoms with Crippen LogP contribution in [0.2, 0.25) is 0 Å². The monoisotopic (exact) mass is 545 g/mol. The van der Waals surface area contributed by atoms with Crippen LogP contribution < -0.4 is 5.32 Å². The summed E-state index contributed by atoms with van der Waals surface area (Å²) in [6.07, 6.45) is -22.8. The van der Waals surface area contributed by atoms with Gasteiger partial charge in [-0.15, -0.1) is 0 Å². The van der Waals surface area contributed by atoms with Crippen molar-refractivity contribution < 1.29 is 79.5 Å². The molecule has 0 aromatic rings. The first kappa shape index (κ1) is 30.4. The molecule has 3 aliphatic rings. The van der Waals surface area contributed by atoms with E-state index in [0.717, 1.165) is 6.92 Å². The van der Waals surface area contributed by atoms with Gasteiger partial charge in [-0.05, 0) is 0 Å². The smallest absolute Gasteiger partial charge is 0.217 e. The minimum absolute atomic E-state index is 0.576. The molecule has 3 heterocycles. The highest BCUT2D eigenvalue weighted by atomic mass is 16.7. The Kier molecular flexibility index (Phi) is 10.5. The number of aliphatic hydroxyl groups excluding tert-OH is 10. The van der Waals surface area contributed by atoms with Gasteiger partial charge in [-0.3, -0.25) is 4.79 Å². The number of hydrogen-bond donors (Lipinski definition) is 11. The van der Waals surface area contributed by atoms with Gasteiger partial charge in [0.2, 0.25) is 5.91 Å². The van der Waals surface area contributed by atoms with Gasteiger partial charge in [0.25, 0.3) is 0 Å². The summed E-state index contributed by atoms with van der Waals surface area (Å²) in [5.74, 6) is -0.586. The van der Waals surface area contributed by atoms with Crippen LogP contribution in [0.3, 0.4) is 0 Å². The van der Waals surface area contributed by atoms with Crippen molar-refractivity contribution in [3.05, 3.63) is 0 Å². The van der Waals surface area contributed by atoms with E-state index in [4.69, 9.17) is 23.7 Å². The van der Waals surface area contributed by atoms with E-state index >= 15 is 0 Å². The maximum Gasteiger partial charge on any atom is 0.217 e. The molecule has 1 amide bonds. The van der Waals surface area contributed by atoms with Gasteiger partial charge in [0.05, 0.1) is 19.8 Å². The molecule has 37 heavy (non-hydrogen) atoms. The molecule has 0 spiro atoms. The summed E-state index contributed by atoms with van der Waals surface area (Å²) in [6.45, 7) is -0.961. The van der Waals surface area contributed by atoms with Crippen LogP contribution in [-0.4, -0.2) is 169 Å². The Bertz CT molecular complexity index is 743. The zero-order valence-electron chi connectivity index (χ0n) is 19.7. The minimum atomic E-state index is -1.83. The quantitative estimate of drug-likeness (QED) is 0.135. The van der Waals surface area contributed by atoms with Crippen molar-refractivity contribution >= 4 is 5.91 Å². The average Bonchev–Trinajstić information content (AvgIpc) is 2.86. The van der Waals surface area contributed by atoms with Crippen molar-refractivity contribution in [1.82, 2.24) is 5.32 Å². The maximum absolute atomic E-state index is 11.2. The molecule has 17 nitrogen and oxygen atoms in total. The van der Waals surface area contributed by atoms with Crippen LogP contribution in [0.15, 0.2) is 0 Å². The predicted octanol–water partition coefficient (Wildman–Crippen LogP) is -7.43. The molecule has 0 aromatic heterocycles.